The minimum atomic E-state index is -1.04. The molecule has 2 rings (SSSR count). The molecule has 0 heterocycles. The molecule has 2 atom stereocenters. The maximum absolute atomic E-state index is 14.5. The number of hydrogen-bond donors (Lipinski definition) is 2. The van der Waals surface area contributed by atoms with E-state index in [2.05, 4.69) is 17.6 Å². The molecular weight excluding hydrogens is 534 g/mol. The van der Waals surface area contributed by atoms with Gasteiger partial charge in [-0.05, 0) is 57.7 Å². The van der Waals surface area contributed by atoms with Crippen molar-refractivity contribution in [2.24, 2.45) is 0 Å². The number of carbonyl (C=O) groups excluding carboxylic acids is 4. The number of ether oxygens (including phenoxy) is 2. The fourth-order valence-corrected chi connectivity index (χ4v) is 4.69. The summed E-state index contributed by atoms with van der Waals surface area (Å²) >= 11 is 0. The van der Waals surface area contributed by atoms with Crippen LogP contribution in [0.5, 0.6) is 0 Å². The lowest BCUT2D eigenvalue weighted by Crippen LogP contribution is -2.54. The molecule has 0 bridgehead atoms. The topological polar surface area (TPSA) is 114 Å². The van der Waals surface area contributed by atoms with Crippen molar-refractivity contribution in [3.05, 3.63) is 70.8 Å². The van der Waals surface area contributed by atoms with E-state index in [1.807, 2.05) is 62.4 Å². The number of methoxy groups -OCH3 is 1. The number of alkyl carbamates (subject to hydrolysis) is 1. The van der Waals surface area contributed by atoms with E-state index in [0.717, 1.165) is 36.0 Å². The van der Waals surface area contributed by atoms with Crippen LogP contribution in [-0.4, -0.2) is 60.6 Å². The predicted molar refractivity (Wildman–Crippen MR) is 163 cm³/mol. The molecule has 2 aromatic carbocycles. The SMILES string of the molecule is CCCCCCN(C(=O)C(Cc1ccccc1)NC(=O)OC(C)(C)C)C(C(=O)NCC(=O)OC)c1ccc(C)cc1C. The van der Waals surface area contributed by atoms with Crippen molar-refractivity contribution in [2.45, 2.75) is 91.3 Å². The number of esters is 1. The number of benzene rings is 2. The van der Waals surface area contributed by atoms with Crippen LogP contribution in [0.2, 0.25) is 0 Å². The van der Waals surface area contributed by atoms with Crippen LogP contribution in [0.25, 0.3) is 0 Å². The van der Waals surface area contributed by atoms with Crippen LogP contribution >= 0.6 is 0 Å². The fraction of sp³-hybridized carbons (Fsp3) is 0.515. The highest BCUT2D eigenvalue weighted by atomic mass is 16.6. The van der Waals surface area contributed by atoms with Gasteiger partial charge in [0.25, 0.3) is 0 Å². The summed E-state index contributed by atoms with van der Waals surface area (Å²) in [6.45, 7) is 11.2. The first-order chi connectivity index (χ1) is 19.9. The number of unbranched alkanes of at least 4 members (excludes halogenated alkanes) is 3. The zero-order valence-electron chi connectivity index (χ0n) is 26.1. The van der Waals surface area contributed by atoms with Crippen LogP contribution in [0.15, 0.2) is 48.5 Å². The summed E-state index contributed by atoms with van der Waals surface area (Å²) in [7, 11) is 1.25. The van der Waals surface area contributed by atoms with Crippen LogP contribution in [0.3, 0.4) is 0 Å². The van der Waals surface area contributed by atoms with E-state index >= 15 is 0 Å². The summed E-state index contributed by atoms with van der Waals surface area (Å²) in [6, 6.07) is 13.0. The highest BCUT2D eigenvalue weighted by molar-refractivity contribution is 5.93. The smallest absolute Gasteiger partial charge is 0.408 e. The molecule has 9 heteroatoms. The van der Waals surface area contributed by atoms with E-state index in [0.29, 0.717) is 12.0 Å². The van der Waals surface area contributed by atoms with E-state index in [1.54, 1.807) is 20.8 Å². The van der Waals surface area contributed by atoms with Gasteiger partial charge in [-0.2, -0.15) is 0 Å². The molecule has 0 aliphatic carbocycles. The van der Waals surface area contributed by atoms with Gasteiger partial charge in [0.2, 0.25) is 11.8 Å². The highest BCUT2D eigenvalue weighted by Crippen LogP contribution is 2.27. The Bertz CT molecular complexity index is 1190. The molecule has 230 valence electrons. The van der Waals surface area contributed by atoms with Crippen molar-refractivity contribution in [1.29, 1.82) is 0 Å². The van der Waals surface area contributed by atoms with Crippen molar-refractivity contribution in [3.63, 3.8) is 0 Å². The van der Waals surface area contributed by atoms with Gasteiger partial charge in [-0.25, -0.2) is 4.79 Å². The molecule has 3 amide bonds. The number of carbonyl (C=O) groups is 4. The largest absolute Gasteiger partial charge is 0.468 e. The summed E-state index contributed by atoms with van der Waals surface area (Å²) in [5, 5.41) is 5.43. The van der Waals surface area contributed by atoms with Gasteiger partial charge in [0.05, 0.1) is 7.11 Å². The molecule has 0 saturated carbocycles. The maximum Gasteiger partial charge on any atom is 0.408 e. The van der Waals surface area contributed by atoms with E-state index < -0.39 is 41.6 Å². The van der Waals surface area contributed by atoms with Crippen LogP contribution in [0.1, 0.15) is 81.7 Å². The lowest BCUT2D eigenvalue weighted by Gasteiger charge is -2.35. The Morgan fingerprint density at radius 1 is 0.952 bits per heavy atom. The lowest BCUT2D eigenvalue weighted by atomic mass is 9.95. The Labute approximate surface area is 250 Å². The van der Waals surface area contributed by atoms with Gasteiger partial charge in [-0.1, -0.05) is 80.3 Å². The molecule has 0 fully saturated rings. The summed E-state index contributed by atoms with van der Waals surface area (Å²) in [5.74, 6) is -1.52. The monoisotopic (exact) mass is 581 g/mol. The van der Waals surface area contributed by atoms with Gasteiger partial charge < -0.3 is 25.0 Å². The number of amides is 3. The van der Waals surface area contributed by atoms with Crippen molar-refractivity contribution >= 4 is 23.9 Å². The molecule has 0 aliphatic heterocycles. The van der Waals surface area contributed by atoms with E-state index in [4.69, 9.17) is 9.47 Å². The molecule has 0 saturated heterocycles. The number of nitrogens with one attached hydrogen (secondary N) is 2. The van der Waals surface area contributed by atoms with Crippen molar-refractivity contribution < 1.29 is 28.7 Å². The average molecular weight is 582 g/mol. The molecule has 0 aliphatic rings. The predicted octanol–water partition coefficient (Wildman–Crippen LogP) is 5.18. The maximum atomic E-state index is 14.5. The number of rotatable bonds is 14. The highest BCUT2D eigenvalue weighted by Gasteiger charge is 2.37. The molecule has 0 aromatic heterocycles. The second-order valence-corrected chi connectivity index (χ2v) is 11.5. The normalized spacial score (nSPS) is 12.5. The van der Waals surface area contributed by atoms with Gasteiger partial charge in [-0.3, -0.25) is 14.4 Å². The third-order valence-electron chi connectivity index (χ3n) is 6.72. The summed E-state index contributed by atoms with van der Waals surface area (Å²) in [4.78, 5) is 54.7. The minimum absolute atomic E-state index is 0.202. The molecule has 2 aromatic rings. The Hall–Kier alpha value is -3.88. The average Bonchev–Trinajstić information content (AvgIpc) is 2.92. The summed E-state index contributed by atoms with van der Waals surface area (Å²) < 4.78 is 10.2. The van der Waals surface area contributed by atoms with Gasteiger partial charge in [0.1, 0.15) is 24.2 Å². The van der Waals surface area contributed by atoms with E-state index in [1.165, 1.54) is 12.0 Å². The molecular formula is C33H47N3O6. The Morgan fingerprint density at radius 2 is 1.64 bits per heavy atom. The fourth-order valence-electron chi connectivity index (χ4n) is 4.69. The summed E-state index contributed by atoms with van der Waals surface area (Å²) in [6.07, 6.45) is 3.00. The van der Waals surface area contributed by atoms with E-state index in [9.17, 15) is 19.2 Å². The first-order valence-corrected chi connectivity index (χ1v) is 14.6. The standard InChI is InChI=1S/C33H47N3O6/c1-8-9-10-14-19-36(29(30(38)34-22-28(37)41-7)26-18-17-23(2)20-24(26)3)31(39)27(21-25-15-12-11-13-16-25)35-32(40)42-33(4,5)6/h11-13,15-18,20,27,29H,8-10,14,19,21-22H2,1-7H3,(H,34,38)(H,35,40). The van der Waals surface area contributed by atoms with Crippen LogP contribution < -0.4 is 10.6 Å². The quantitative estimate of drug-likeness (QED) is 0.235. The second-order valence-electron chi connectivity index (χ2n) is 11.5. The molecule has 0 spiro atoms. The molecule has 2 unspecified atom stereocenters. The summed E-state index contributed by atoms with van der Waals surface area (Å²) in [5.41, 5.74) is 2.57. The zero-order valence-corrected chi connectivity index (χ0v) is 26.1. The van der Waals surface area contributed by atoms with Crippen molar-refractivity contribution in [2.75, 3.05) is 20.2 Å². The third kappa shape index (κ3) is 11.2. The van der Waals surface area contributed by atoms with E-state index in [-0.39, 0.29) is 19.5 Å². The first kappa shape index (κ1) is 34.3. The number of nitrogens with zero attached hydrogens (tertiary/aromatic N) is 1. The van der Waals surface area contributed by atoms with Gasteiger partial charge >= 0.3 is 12.1 Å². The van der Waals surface area contributed by atoms with Gasteiger partial charge in [0.15, 0.2) is 0 Å². The van der Waals surface area contributed by atoms with Gasteiger partial charge in [-0.15, -0.1) is 0 Å². The van der Waals surface area contributed by atoms with Crippen molar-refractivity contribution in [1.82, 2.24) is 15.5 Å². The first-order valence-electron chi connectivity index (χ1n) is 14.6. The second kappa shape index (κ2) is 16.5. The van der Waals surface area contributed by atoms with Crippen LogP contribution in [0.4, 0.5) is 4.79 Å². The molecule has 9 nitrogen and oxygen atoms in total. The van der Waals surface area contributed by atoms with Crippen LogP contribution in [0, 0.1) is 13.8 Å². The zero-order chi connectivity index (χ0) is 31.3. The van der Waals surface area contributed by atoms with Crippen LogP contribution in [-0.2, 0) is 30.3 Å². The Morgan fingerprint density at radius 3 is 2.24 bits per heavy atom. The third-order valence-corrected chi connectivity index (χ3v) is 6.72. The lowest BCUT2D eigenvalue weighted by molar-refractivity contribution is -0.144. The molecule has 42 heavy (non-hydrogen) atoms. The molecule has 0 radical (unpaired) electrons. The Kier molecular flexibility index (Phi) is 13.5. The van der Waals surface area contributed by atoms with Crippen molar-refractivity contribution in [3.8, 4) is 0 Å². The van der Waals surface area contributed by atoms with Gasteiger partial charge in [0, 0.05) is 13.0 Å². The number of aryl methyl sites for hydroxylation is 2. The number of hydrogen-bond acceptors (Lipinski definition) is 6. The molecule has 2 N–H and O–H groups in total. The Balaban J connectivity index is 2.59. The minimum Gasteiger partial charge on any atom is -0.468 e.